The highest BCUT2D eigenvalue weighted by Gasteiger charge is 2.25. The highest BCUT2D eigenvalue weighted by Crippen LogP contribution is 2.20. The fraction of sp³-hybridized carbons (Fsp3) is 0.316. The van der Waals surface area contributed by atoms with E-state index in [0.717, 1.165) is 5.69 Å². The minimum absolute atomic E-state index is 0.0126. The first-order valence-electron chi connectivity index (χ1n) is 7.94. The lowest BCUT2D eigenvalue weighted by Gasteiger charge is -2.15. The summed E-state index contributed by atoms with van der Waals surface area (Å²) < 4.78 is 3.26. The van der Waals surface area contributed by atoms with Gasteiger partial charge in [-0.15, -0.1) is 0 Å². The first kappa shape index (κ1) is 18.3. The fourth-order valence-corrected chi connectivity index (χ4v) is 2.43. The Morgan fingerprint density at radius 1 is 1.24 bits per heavy atom. The number of benzene rings is 1. The number of para-hydroxylation sites is 1. The van der Waals surface area contributed by atoms with Gasteiger partial charge in [0.15, 0.2) is 5.78 Å². The lowest BCUT2D eigenvalue weighted by Crippen LogP contribution is -2.23. The van der Waals surface area contributed by atoms with Crippen LogP contribution in [-0.2, 0) is 11.8 Å². The summed E-state index contributed by atoms with van der Waals surface area (Å²) in [4.78, 5) is 25.0. The van der Waals surface area contributed by atoms with E-state index >= 15 is 0 Å². The molecule has 2 aromatic rings. The van der Waals surface area contributed by atoms with Crippen LogP contribution in [0, 0.1) is 23.7 Å². The quantitative estimate of drug-likeness (QED) is 0.686. The van der Waals surface area contributed by atoms with Gasteiger partial charge >= 0.3 is 0 Å². The molecule has 0 atom stereocenters. The van der Waals surface area contributed by atoms with Gasteiger partial charge in [0.1, 0.15) is 17.3 Å². The van der Waals surface area contributed by atoms with Crippen LogP contribution in [-0.4, -0.2) is 15.1 Å². The lowest BCUT2D eigenvalue weighted by atomic mass is 9.87. The summed E-state index contributed by atoms with van der Waals surface area (Å²) in [6, 6.07) is 11.2. The molecule has 0 fully saturated rings. The zero-order valence-electron chi connectivity index (χ0n) is 15.1. The molecule has 0 amide bonds. The van der Waals surface area contributed by atoms with Crippen molar-refractivity contribution in [3.63, 3.8) is 0 Å². The first-order valence-corrected chi connectivity index (χ1v) is 7.94. The lowest BCUT2D eigenvalue weighted by molar-refractivity contribution is -0.122. The number of anilines is 1. The zero-order valence-corrected chi connectivity index (χ0v) is 15.1. The van der Waals surface area contributed by atoms with Gasteiger partial charge in [0.25, 0.3) is 5.56 Å². The first-order chi connectivity index (χ1) is 11.7. The Balaban J connectivity index is 2.46. The van der Waals surface area contributed by atoms with E-state index in [1.165, 1.54) is 10.9 Å². The van der Waals surface area contributed by atoms with Crippen LogP contribution in [0.5, 0.6) is 0 Å². The van der Waals surface area contributed by atoms with E-state index in [9.17, 15) is 14.9 Å². The average Bonchev–Trinajstić information content (AvgIpc) is 2.78. The summed E-state index contributed by atoms with van der Waals surface area (Å²) in [6.45, 7) is 7.04. The number of hydrogen-bond acceptors (Lipinski definition) is 4. The van der Waals surface area contributed by atoms with Gasteiger partial charge in [-0.3, -0.25) is 14.3 Å². The third-order valence-corrected chi connectivity index (χ3v) is 3.96. The van der Waals surface area contributed by atoms with Crippen molar-refractivity contribution in [3.8, 4) is 11.8 Å². The molecule has 0 spiro atoms. The molecule has 130 valence electrons. The van der Waals surface area contributed by atoms with Crippen LogP contribution in [0.3, 0.4) is 0 Å². The standard InChI is InChI=1S/C19H22N4O2/c1-13-16(21-12-14(11-20)17(24)19(2,3)4)18(25)23(22(13)5)15-9-7-6-8-10-15/h6-10,12,21H,1-5H3. The third-order valence-electron chi connectivity index (χ3n) is 3.96. The fourth-order valence-electron chi connectivity index (χ4n) is 2.43. The Kier molecular flexibility index (Phi) is 4.98. The van der Waals surface area contributed by atoms with Crippen molar-refractivity contribution in [2.45, 2.75) is 27.7 Å². The smallest absolute Gasteiger partial charge is 0.295 e. The molecule has 0 bridgehead atoms. The van der Waals surface area contributed by atoms with Crippen molar-refractivity contribution in [2.75, 3.05) is 5.32 Å². The topological polar surface area (TPSA) is 79.8 Å². The number of hydrogen-bond donors (Lipinski definition) is 1. The van der Waals surface area contributed by atoms with Crippen molar-refractivity contribution in [3.05, 3.63) is 58.2 Å². The summed E-state index contributed by atoms with van der Waals surface area (Å²) in [7, 11) is 1.78. The third kappa shape index (κ3) is 3.56. The molecule has 0 unspecified atom stereocenters. The Bertz CT molecular complexity index is 919. The van der Waals surface area contributed by atoms with E-state index in [1.807, 2.05) is 36.4 Å². The molecule has 1 N–H and O–H groups in total. The van der Waals surface area contributed by atoms with Gasteiger partial charge in [-0.25, -0.2) is 4.68 Å². The molecule has 0 saturated heterocycles. The molecule has 0 aliphatic rings. The van der Waals surface area contributed by atoms with Crippen LogP contribution in [0.1, 0.15) is 26.5 Å². The molecule has 2 rings (SSSR count). The van der Waals surface area contributed by atoms with Gasteiger partial charge in [0, 0.05) is 18.7 Å². The van der Waals surface area contributed by atoms with Crippen molar-refractivity contribution in [1.29, 1.82) is 5.26 Å². The molecule has 6 heteroatoms. The zero-order chi connectivity index (χ0) is 18.8. The van der Waals surface area contributed by atoms with E-state index < -0.39 is 5.41 Å². The second-order valence-corrected chi connectivity index (χ2v) is 6.83. The SMILES string of the molecule is Cc1c(NC=C(C#N)C(=O)C(C)(C)C)c(=O)n(-c2ccccc2)n1C. The normalized spacial score (nSPS) is 11.9. The number of ketones is 1. The molecule has 0 aliphatic heterocycles. The molecule has 1 heterocycles. The van der Waals surface area contributed by atoms with Gasteiger partial charge in [-0.2, -0.15) is 5.26 Å². The molecule has 0 saturated carbocycles. The van der Waals surface area contributed by atoms with Gasteiger partial charge in [0.05, 0.1) is 11.4 Å². The Hall–Kier alpha value is -3.07. The molecule has 25 heavy (non-hydrogen) atoms. The minimum atomic E-state index is -0.667. The van der Waals surface area contributed by atoms with Crippen LogP contribution >= 0.6 is 0 Å². The minimum Gasteiger partial charge on any atom is -0.354 e. The predicted octanol–water partition coefficient (Wildman–Crippen LogP) is 2.92. The second kappa shape index (κ2) is 6.81. The van der Waals surface area contributed by atoms with Gasteiger partial charge in [-0.05, 0) is 19.1 Å². The number of nitrogens with one attached hydrogen (secondary N) is 1. The van der Waals surface area contributed by atoms with Crippen LogP contribution in [0.4, 0.5) is 5.69 Å². The van der Waals surface area contributed by atoms with Gasteiger partial charge < -0.3 is 5.32 Å². The number of nitrogens with zero attached hydrogens (tertiary/aromatic N) is 3. The van der Waals surface area contributed by atoms with E-state index in [4.69, 9.17) is 0 Å². The number of carbonyl (C=O) groups is 1. The maximum atomic E-state index is 12.8. The summed E-state index contributed by atoms with van der Waals surface area (Å²) in [5, 5.41) is 12.1. The summed E-state index contributed by atoms with van der Waals surface area (Å²) in [6.07, 6.45) is 1.31. The molecule has 6 nitrogen and oxygen atoms in total. The monoisotopic (exact) mass is 338 g/mol. The number of carbonyl (C=O) groups excluding carboxylic acids is 1. The van der Waals surface area contributed by atoms with Crippen LogP contribution < -0.4 is 10.9 Å². The number of allylic oxidation sites excluding steroid dienone is 1. The molecule has 0 radical (unpaired) electrons. The van der Waals surface area contributed by atoms with Crippen LogP contribution in [0.25, 0.3) is 5.69 Å². The summed E-state index contributed by atoms with van der Waals surface area (Å²) >= 11 is 0. The van der Waals surface area contributed by atoms with E-state index in [-0.39, 0.29) is 16.9 Å². The summed E-state index contributed by atoms with van der Waals surface area (Å²) in [5.41, 5.74) is 0.844. The molecule has 1 aromatic carbocycles. The van der Waals surface area contributed by atoms with E-state index in [2.05, 4.69) is 5.32 Å². The Morgan fingerprint density at radius 3 is 2.36 bits per heavy atom. The van der Waals surface area contributed by atoms with Crippen molar-refractivity contribution in [2.24, 2.45) is 12.5 Å². The highest BCUT2D eigenvalue weighted by molar-refractivity contribution is 6.02. The van der Waals surface area contributed by atoms with E-state index in [0.29, 0.717) is 11.4 Å². The molecule has 0 aliphatic carbocycles. The number of Topliss-reactive ketones (excluding diaryl/α,β-unsaturated/α-hetero) is 1. The van der Waals surface area contributed by atoms with Crippen molar-refractivity contribution in [1.82, 2.24) is 9.36 Å². The largest absolute Gasteiger partial charge is 0.354 e. The average molecular weight is 338 g/mol. The molecule has 1 aromatic heterocycles. The molecular formula is C19H22N4O2. The maximum absolute atomic E-state index is 12.8. The van der Waals surface area contributed by atoms with E-state index in [1.54, 1.807) is 39.4 Å². The predicted molar refractivity (Wildman–Crippen MR) is 97.5 cm³/mol. The molecular weight excluding hydrogens is 316 g/mol. The van der Waals surface area contributed by atoms with Crippen LogP contribution in [0.2, 0.25) is 0 Å². The van der Waals surface area contributed by atoms with Crippen molar-refractivity contribution < 1.29 is 4.79 Å². The number of nitriles is 1. The highest BCUT2D eigenvalue weighted by atomic mass is 16.1. The van der Waals surface area contributed by atoms with Crippen molar-refractivity contribution >= 4 is 11.5 Å². The second-order valence-electron chi connectivity index (χ2n) is 6.83. The summed E-state index contributed by atoms with van der Waals surface area (Å²) in [5.74, 6) is -0.278. The van der Waals surface area contributed by atoms with Crippen LogP contribution in [0.15, 0.2) is 46.9 Å². The Labute approximate surface area is 147 Å². The van der Waals surface area contributed by atoms with Gasteiger partial charge in [-0.1, -0.05) is 39.0 Å². The maximum Gasteiger partial charge on any atom is 0.295 e. The number of rotatable bonds is 4. The number of aromatic nitrogens is 2. The Morgan fingerprint density at radius 2 is 1.84 bits per heavy atom. The van der Waals surface area contributed by atoms with Gasteiger partial charge in [0.2, 0.25) is 0 Å².